The Balaban J connectivity index is 1.56. The highest BCUT2D eigenvalue weighted by Crippen LogP contribution is 2.26. The van der Waals surface area contributed by atoms with E-state index in [1.165, 1.54) is 11.8 Å². The number of ether oxygens (including phenoxy) is 1. The zero-order valence-corrected chi connectivity index (χ0v) is 17.4. The number of nitrogens with zero attached hydrogens (tertiary/aromatic N) is 3. The number of fused-ring (bicyclic) bond motifs is 3. The number of aryl methyl sites for hydroxylation is 2. The van der Waals surface area contributed by atoms with Gasteiger partial charge >= 0.3 is 0 Å². The maximum Gasteiger partial charge on any atom is 0.226 e. The molecule has 3 heterocycles. The number of hydrogen-bond donors (Lipinski definition) is 0. The zero-order chi connectivity index (χ0) is 19.9. The van der Waals surface area contributed by atoms with Gasteiger partial charge in [-0.3, -0.25) is 4.90 Å². The SMILES string of the molecule is Cc1ccc(-c2nc(CN3C[C@H]4COC[C@@H]3CN(S(C)(=O)=O)C4)c(C)o2)cc1. The van der Waals surface area contributed by atoms with Crippen LogP contribution in [-0.2, 0) is 21.3 Å². The Morgan fingerprint density at radius 3 is 2.57 bits per heavy atom. The first-order valence-electron chi connectivity index (χ1n) is 9.60. The van der Waals surface area contributed by atoms with Crippen molar-refractivity contribution in [2.45, 2.75) is 26.4 Å². The Bertz CT molecular complexity index is 939. The Morgan fingerprint density at radius 1 is 1.11 bits per heavy atom. The van der Waals surface area contributed by atoms with Crippen LogP contribution >= 0.6 is 0 Å². The van der Waals surface area contributed by atoms with Gasteiger partial charge in [-0.1, -0.05) is 17.7 Å². The van der Waals surface area contributed by atoms with Crippen molar-refractivity contribution in [2.24, 2.45) is 5.92 Å². The molecule has 28 heavy (non-hydrogen) atoms. The molecule has 0 N–H and O–H groups in total. The first-order chi connectivity index (χ1) is 13.3. The Hall–Kier alpha value is -1.74. The molecule has 4 rings (SSSR count). The molecule has 0 saturated carbocycles. The van der Waals surface area contributed by atoms with Crippen LogP contribution in [0.5, 0.6) is 0 Å². The van der Waals surface area contributed by atoms with E-state index < -0.39 is 10.0 Å². The molecule has 7 nitrogen and oxygen atoms in total. The fourth-order valence-corrected chi connectivity index (χ4v) is 4.86. The van der Waals surface area contributed by atoms with E-state index in [1.54, 1.807) is 4.31 Å². The summed E-state index contributed by atoms with van der Waals surface area (Å²) in [6.45, 7) is 7.50. The highest BCUT2D eigenvalue weighted by Gasteiger charge is 2.36. The molecule has 1 aromatic carbocycles. The highest BCUT2D eigenvalue weighted by atomic mass is 32.2. The second-order valence-corrected chi connectivity index (χ2v) is 9.94. The molecule has 2 aliphatic heterocycles. The molecule has 0 spiro atoms. The zero-order valence-electron chi connectivity index (χ0n) is 16.6. The van der Waals surface area contributed by atoms with Gasteiger partial charge in [0.05, 0.1) is 25.2 Å². The van der Waals surface area contributed by atoms with Crippen molar-refractivity contribution in [1.82, 2.24) is 14.2 Å². The van der Waals surface area contributed by atoms with E-state index in [4.69, 9.17) is 14.1 Å². The van der Waals surface area contributed by atoms with Gasteiger partial charge < -0.3 is 9.15 Å². The number of hydrogen-bond acceptors (Lipinski definition) is 6. The van der Waals surface area contributed by atoms with E-state index in [2.05, 4.69) is 11.8 Å². The normalized spacial score (nSPS) is 24.2. The first kappa shape index (κ1) is 19.6. The largest absolute Gasteiger partial charge is 0.441 e. The van der Waals surface area contributed by atoms with Gasteiger partial charge in [-0.25, -0.2) is 17.7 Å². The quantitative estimate of drug-likeness (QED) is 0.775. The van der Waals surface area contributed by atoms with Crippen LogP contribution < -0.4 is 0 Å². The van der Waals surface area contributed by atoms with Crippen molar-refractivity contribution in [3.05, 3.63) is 41.3 Å². The molecule has 0 amide bonds. The van der Waals surface area contributed by atoms with E-state index in [-0.39, 0.29) is 12.0 Å². The smallest absolute Gasteiger partial charge is 0.226 e. The summed E-state index contributed by atoms with van der Waals surface area (Å²) >= 11 is 0. The molecular formula is C20H27N3O4S. The predicted octanol–water partition coefficient (Wildman–Crippen LogP) is 2.05. The molecule has 2 bridgehead atoms. The third-order valence-corrected chi connectivity index (χ3v) is 6.80. The lowest BCUT2D eigenvalue weighted by Gasteiger charge is -2.29. The topological polar surface area (TPSA) is 75.9 Å². The van der Waals surface area contributed by atoms with Crippen LogP contribution in [0, 0.1) is 19.8 Å². The fraction of sp³-hybridized carbons (Fsp3) is 0.550. The molecule has 2 aliphatic rings. The minimum Gasteiger partial charge on any atom is -0.441 e. The van der Waals surface area contributed by atoms with Crippen molar-refractivity contribution in [1.29, 1.82) is 0 Å². The Morgan fingerprint density at radius 2 is 1.86 bits per heavy atom. The molecule has 0 unspecified atom stereocenters. The van der Waals surface area contributed by atoms with E-state index in [0.29, 0.717) is 38.7 Å². The summed E-state index contributed by atoms with van der Waals surface area (Å²) in [5.41, 5.74) is 3.05. The molecule has 2 aromatic rings. The van der Waals surface area contributed by atoms with Crippen molar-refractivity contribution in [2.75, 3.05) is 39.1 Å². The lowest BCUT2D eigenvalue weighted by atomic mass is 10.1. The van der Waals surface area contributed by atoms with E-state index in [1.807, 2.05) is 31.2 Å². The molecule has 0 aliphatic carbocycles. The van der Waals surface area contributed by atoms with E-state index in [0.717, 1.165) is 23.6 Å². The Labute approximate surface area is 166 Å². The van der Waals surface area contributed by atoms with Crippen LogP contribution in [0.25, 0.3) is 11.5 Å². The van der Waals surface area contributed by atoms with Gasteiger partial charge in [0, 0.05) is 43.7 Å². The summed E-state index contributed by atoms with van der Waals surface area (Å²) in [4.78, 5) is 7.03. The summed E-state index contributed by atoms with van der Waals surface area (Å²) < 4.78 is 37.5. The Kier molecular flexibility index (Phi) is 5.30. The lowest BCUT2D eigenvalue weighted by Crippen LogP contribution is -2.45. The van der Waals surface area contributed by atoms with Crippen molar-refractivity contribution >= 4 is 10.0 Å². The lowest BCUT2D eigenvalue weighted by molar-refractivity contribution is 0.0673. The van der Waals surface area contributed by atoms with Gasteiger partial charge in [0.1, 0.15) is 5.76 Å². The molecule has 0 radical (unpaired) electrons. The molecule has 152 valence electrons. The highest BCUT2D eigenvalue weighted by molar-refractivity contribution is 7.88. The van der Waals surface area contributed by atoms with Crippen LogP contribution in [0.3, 0.4) is 0 Å². The maximum atomic E-state index is 12.1. The fourth-order valence-electron chi connectivity index (χ4n) is 3.94. The number of benzene rings is 1. The monoisotopic (exact) mass is 405 g/mol. The number of oxazole rings is 1. The van der Waals surface area contributed by atoms with Crippen LogP contribution in [0.2, 0.25) is 0 Å². The second kappa shape index (κ2) is 7.59. The van der Waals surface area contributed by atoms with Crippen LogP contribution in [0.15, 0.2) is 28.7 Å². The third kappa shape index (κ3) is 4.15. The molecule has 8 heteroatoms. The number of rotatable bonds is 4. The minimum atomic E-state index is -3.21. The molecule has 2 atom stereocenters. The van der Waals surface area contributed by atoms with Gasteiger partial charge in [0.15, 0.2) is 0 Å². The predicted molar refractivity (Wildman–Crippen MR) is 106 cm³/mol. The van der Waals surface area contributed by atoms with Gasteiger partial charge in [0.2, 0.25) is 15.9 Å². The van der Waals surface area contributed by atoms with Gasteiger partial charge in [-0.15, -0.1) is 0 Å². The maximum absolute atomic E-state index is 12.1. The molecule has 2 saturated heterocycles. The van der Waals surface area contributed by atoms with Gasteiger partial charge in [-0.2, -0.15) is 0 Å². The van der Waals surface area contributed by atoms with Crippen LogP contribution in [0.1, 0.15) is 17.0 Å². The molecule has 1 aromatic heterocycles. The van der Waals surface area contributed by atoms with Crippen molar-refractivity contribution in [3.8, 4) is 11.5 Å². The molecular weight excluding hydrogens is 378 g/mol. The summed E-state index contributed by atoms with van der Waals surface area (Å²) in [5, 5.41) is 0. The minimum absolute atomic E-state index is 0.0150. The van der Waals surface area contributed by atoms with Crippen molar-refractivity contribution in [3.63, 3.8) is 0 Å². The number of aromatic nitrogens is 1. The van der Waals surface area contributed by atoms with Gasteiger partial charge in [-0.05, 0) is 26.0 Å². The molecule has 2 fully saturated rings. The van der Waals surface area contributed by atoms with E-state index >= 15 is 0 Å². The first-order valence-corrected chi connectivity index (χ1v) is 11.4. The third-order valence-electron chi connectivity index (χ3n) is 5.56. The summed E-state index contributed by atoms with van der Waals surface area (Å²) in [5.74, 6) is 1.58. The van der Waals surface area contributed by atoms with E-state index in [9.17, 15) is 8.42 Å². The van der Waals surface area contributed by atoms with Gasteiger partial charge in [0.25, 0.3) is 0 Å². The average Bonchev–Trinajstić information content (AvgIpc) is 2.77. The van der Waals surface area contributed by atoms with Crippen LogP contribution in [0.4, 0.5) is 0 Å². The second-order valence-electron chi connectivity index (χ2n) is 7.95. The standard InChI is InChI=1S/C20H27N3O4S/c1-14-4-6-17(7-5-14)20-21-19(15(2)27-20)11-22-8-16-9-23(28(3,24)25)10-18(22)13-26-12-16/h4-7,16,18H,8-13H2,1-3H3/t16-,18+/m1/s1. The average molecular weight is 406 g/mol. The van der Waals surface area contributed by atoms with Crippen LogP contribution in [-0.4, -0.2) is 67.8 Å². The van der Waals surface area contributed by atoms with Crippen molar-refractivity contribution < 1.29 is 17.6 Å². The summed E-state index contributed by atoms with van der Waals surface area (Å²) in [6, 6.07) is 8.14. The summed E-state index contributed by atoms with van der Waals surface area (Å²) in [6.07, 6.45) is 1.29. The summed E-state index contributed by atoms with van der Waals surface area (Å²) in [7, 11) is -3.21. The number of sulfonamides is 1.